The zero-order valence-corrected chi connectivity index (χ0v) is 7.38. The van der Waals surface area contributed by atoms with Crippen LogP contribution in [0.5, 0.6) is 0 Å². The van der Waals surface area contributed by atoms with Gasteiger partial charge in [0.1, 0.15) is 5.78 Å². The number of piperidine rings is 1. The highest BCUT2D eigenvalue weighted by atomic mass is 16.2. The van der Waals surface area contributed by atoms with Crippen molar-refractivity contribution in [2.75, 3.05) is 13.1 Å². The van der Waals surface area contributed by atoms with Gasteiger partial charge in [-0.2, -0.15) is 0 Å². The van der Waals surface area contributed by atoms with Gasteiger partial charge in [-0.3, -0.25) is 9.59 Å². The van der Waals surface area contributed by atoms with Crippen LogP contribution in [-0.2, 0) is 9.59 Å². The standard InChI is InChI=1S/C9H14NO2/c1-7(11)9-3-5-10(6-4-9)8(2)12/h9H,1,3-6H2,2H3. The molecule has 0 atom stereocenters. The summed E-state index contributed by atoms with van der Waals surface area (Å²) in [6, 6.07) is 0. The summed E-state index contributed by atoms with van der Waals surface area (Å²) < 4.78 is 0. The van der Waals surface area contributed by atoms with Gasteiger partial charge in [-0.15, -0.1) is 0 Å². The first-order chi connectivity index (χ1) is 5.61. The summed E-state index contributed by atoms with van der Waals surface area (Å²) in [4.78, 5) is 23.5. The van der Waals surface area contributed by atoms with Gasteiger partial charge in [0.2, 0.25) is 5.91 Å². The maximum absolute atomic E-state index is 10.9. The van der Waals surface area contributed by atoms with Crippen molar-refractivity contribution >= 4 is 11.7 Å². The Morgan fingerprint density at radius 2 is 1.83 bits per heavy atom. The molecule has 1 heterocycles. The summed E-state index contributed by atoms with van der Waals surface area (Å²) in [7, 11) is 0. The minimum Gasteiger partial charge on any atom is -0.343 e. The van der Waals surface area contributed by atoms with Crippen LogP contribution in [0.2, 0.25) is 0 Å². The second-order valence-corrected chi connectivity index (χ2v) is 3.25. The van der Waals surface area contributed by atoms with Crippen LogP contribution in [-0.4, -0.2) is 29.7 Å². The highest BCUT2D eigenvalue weighted by Crippen LogP contribution is 2.17. The predicted molar refractivity (Wildman–Crippen MR) is 45.3 cm³/mol. The van der Waals surface area contributed by atoms with Gasteiger partial charge in [0.15, 0.2) is 0 Å². The third-order valence-electron chi connectivity index (χ3n) is 2.40. The molecule has 1 aliphatic heterocycles. The quantitative estimate of drug-likeness (QED) is 0.576. The Hall–Kier alpha value is -0.860. The fourth-order valence-corrected chi connectivity index (χ4v) is 1.52. The van der Waals surface area contributed by atoms with E-state index in [-0.39, 0.29) is 17.6 Å². The lowest BCUT2D eigenvalue weighted by atomic mass is 9.93. The number of amides is 1. The summed E-state index contributed by atoms with van der Waals surface area (Å²) in [6.07, 6.45) is 1.56. The second kappa shape index (κ2) is 3.70. The number of Topliss-reactive ketones (excluding diaryl/α,β-unsaturated/α-hetero) is 1. The molecule has 1 aliphatic rings. The van der Waals surface area contributed by atoms with Gasteiger partial charge in [0.05, 0.1) is 0 Å². The van der Waals surface area contributed by atoms with Crippen LogP contribution >= 0.6 is 0 Å². The number of likely N-dealkylation sites (tertiary alicyclic amines) is 1. The SMILES string of the molecule is [CH2]C(=O)C1CCN(C(C)=O)CC1. The molecule has 0 unspecified atom stereocenters. The lowest BCUT2D eigenvalue weighted by Gasteiger charge is -2.29. The molecule has 1 fully saturated rings. The van der Waals surface area contributed by atoms with Crippen molar-refractivity contribution in [3.8, 4) is 0 Å². The van der Waals surface area contributed by atoms with E-state index in [0.29, 0.717) is 13.1 Å². The van der Waals surface area contributed by atoms with Crippen LogP contribution in [0.3, 0.4) is 0 Å². The van der Waals surface area contributed by atoms with Crippen molar-refractivity contribution in [1.82, 2.24) is 4.90 Å². The molecule has 67 valence electrons. The number of carbonyl (C=O) groups is 2. The number of hydrogen-bond acceptors (Lipinski definition) is 2. The fourth-order valence-electron chi connectivity index (χ4n) is 1.52. The maximum Gasteiger partial charge on any atom is 0.219 e. The molecule has 12 heavy (non-hydrogen) atoms. The molecule has 3 nitrogen and oxygen atoms in total. The first kappa shape index (κ1) is 9.23. The summed E-state index contributed by atoms with van der Waals surface area (Å²) in [6.45, 7) is 6.37. The minimum atomic E-state index is 0.0122. The molecule has 1 saturated heterocycles. The van der Waals surface area contributed by atoms with Crippen LogP contribution in [0, 0.1) is 12.8 Å². The van der Waals surface area contributed by atoms with E-state index in [4.69, 9.17) is 0 Å². The summed E-state index contributed by atoms with van der Waals surface area (Å²) >= 11 is 0. The number of rotatable bonds is 1. The molecule has 3 heteroatoms. The van der Waals surface area contributed by atoms with E-state index in [1.807, 2.05) is 0 Å². The molecule has 0 bridgehead atoms. The average molecular weight is 168 g/mol. The molecule has 0 spiro atoms. The largest absolute Gasteiger partial charge is 0.343 e. The number of ketones is 1. The van der Waals surface area contributed by atoms with Crippen LogP contribution in [0.1, 0.15) is 19.8 Å². The molecule has 1 radical (unpaired) electrons. The van der Waals surface area contributed by atoms with Gasteiger partial charge in [-0.05, 0) is 12.8 Å². The van der Waals surface area contributed by atoms with E-state index in [2.05, 4.69) is 6.92 Å². The van der Waals surface area contributed by atoms with E-state index in [0.717, 1.165) is 12.8 Å². The number of nitrogens with zero attached hydrogens (tertiary/aromatic N) is 1. The molecular formula is C9H14NO2. The van der Waals surface area contributed by atoms with E-state index < -0.39 is 0 Å². The lowest BCUT2D eigenvalue weighted by Crippen LogP contribution is -2.38. The van der Waals surface area contributed by atoms with E-state index in [1.165, 1.54) is 0 Å². The summed E-state index contributed by atoms with van der Waals surface area (Å²) in [5.74, 6) is 0.198. The highest BCUT2D eigenvalue weighted by Gasteiger charge is 2.23. The Morgan fingerprint density at radius 3 is 2.17 bits per heavy atom. The Kier molecular flexibility index (Phi) is 2.84. The van der Waals surface area contributed by atoms with Gasteiger partial charge in [-0.1, -0.05) is 0 Å². The molecule has 0 aliphatic carbocycles. The second-order valence-electron chi connectivity index (χ2n) is 3.25. The molecule has 0 N–H and O–H groups in total. The van der Waals surface area contributed by atoms with Crippen molar-refractivity contribution in [2.24, 2.45) is 5.92 Å². The van der Waals surface area contributed by atoms with Crippen LogP contribution in [0.4, 0.5) is 0 Å². The third-order valence-corrected chi connectivity index (χ3v) is 2.40. The van der Waals surface area contributed by atoms with E-state index in [9.17, 15) is 9.59 Å². The summed E-state index contributed by atoms with van der Waals surface area (Å²) in [5.41, 5.74) is 0. The molecule has 0 aromatic rings. The highest BCUT2D eigenvalue weighted by molar-refractivity contribution is 5.85. The Morgan fingerprint density at radius 1 is 1.33 bits per heavy atom. The predicted octanol–water partition coefficient (Wildman–Crippen LogP) is 0.648. The maximum atomic E-state index is 10.9. The molecule has 1 rings (SSSR count). The van der Waals surface area contributed by atoms with Crippen LogP contribution in [0.15, 0.2) is 0 Å². The molecule has 1 amide bonds. The van der Waals surface area contributed by atoms with Crippen molar-refractivity contribution in [3.05, 3.63) is 6.92 Å². The zero-order valence-electron chi connectivity index (χ0n) is 7.38. The smallest absolute Gasteiger partial charge is 0.219 e. The third kappa shape index (κ3) is 2.06. The number of hydrogen-bond donors (Lipinski definition) is 0. The van der Waals surface area contributed by atoms with Crippen molar-refractivity contribution in [2.45, 2.75) is 19.8 Å². The normalized spacial score (nSPS) is 19.3. The lowest BCUT2D eigenvalue weighted by molar-refractivity contribution is -0.132. The van der Waals surface area contributed by atoms with Crippen molar-refractivity contribution < 1.29 is 9.59 Å². The van der Waals surface area contributed by atoms with Gasteiger partial charge in [-0.25, -0.2) is 0 Å². The van der Waals surface area contributed by atoms with Crippen molar-refractivity contribution in [3.63, 3.8) is 0 Å². The Labute approximate surface area is 72.7 Å². The summed E-state index contributed by atoms with van der Waals surface area (Å²) in [5, 5.41) is 0. The molecule has 0 aromatic heterocycles. The van der Waals surface area contributed by atoms with E-state index in [1.54, 1.807) is 11.8 Å². The van der Waals surface area contributed by atoms with Crippen LogP contribution in [0.25, 0.3) is 0 Å². The first-order valence-electron chi connectivity index (χ1n) is 4.22. The van der Waals surface area contributed by atoms with Gasteiger partial charge in [0.25, 0.3) is 0 Å². The van der Waals surface area contributed by atoms with Gasteiger partial charge in [0, 0.05) is 32.9 Å². The first-order valence-corrected chi connectivity index (χ1v) is 4.22. The fraction of sp³-hybridized carbons (Fsp3) is 0.667. The molecule has 0 saturated carbocycles. The zero-order chi connectivity index (χ0) is 9.14. The Balaban J connectivity index is 2.39. The molecule has 0 aromatic carbocycles. The average Bonchev–Trinajstić information content (AvgIpc) is 2.04. The van der Waals surface area contributed by atoms with Crippen LogP contribution < -0.4 is 0 Å². The monoisotopic (exact) mass is 168 g/mol. The van der Waals surface area contributed by atoms with E-state index >= 15 is 0 Å². The minimum absolute atomic E-state index is 0.0122. The Bertz CT molecular complexity index is 171. The molecular weight excluding hydrogens is 154 g/mol. The number of carbonyl (C=O) groups excluding carboxylic acids is 2. The topological polar surface area (TPSA) is 37.4 Å². The van der Waals surface area contributed by atoms with Gasteiger partial charge >= 0.3 is 0 Å². The van der Waals surface area contributed by atoms with Gasteiger partial charge < -0.3 is 4.90 Å². The van der Waals surface area contributed by atoms with Crippen molar-refractivity contribution in [1.29, 1.82) is 0 Å².